The van der Waals surface area contributed by atoms with Gasteiger partial charge in [0.2, 0.25) is 0 Å². The molecule has 0 radical (unpaired) electrons. The van der Waals surface area contributed by atoms with Crippen molar-refractivity contribution >= 4 is 31.9 Å². The van der Waals surface area contributed by atoms with Crippen LogP contribution < -0.4 is 4.72 Å². The van der Waals surface area contributed by atoms with Crippen molar-refractivity contribution in [1.29, 1.82) is 0 Å². The van der Waals surface area contributed by atoms with E-state index in [1.165, 1.54) is 12.1 Å². The largest absolute Gasteiger partial charge is 0.268 e. The van der Waals surface area contributed by atoms with Crippen LogP contribution in [0.2, 0.25) is 0 Å². The van der Waals surface area contributed by atoms with Gasteiger partial charge in [0.1, 0.15) is 0 Å². The number of nitrogens with zero attached hydrogens (tertiary/aromatic N) is 2. The van der Waals surface area contributed by atoms with Crippen LogP contribution >= 0.6 is 15.9 Å². The number of aryl methyl sites for hydroxylation is 2. The second-order valence-electron chi connectivity index (χ2n) is 5.77. The summed E-state index contributed by atoms with van der Waals surface area (Å²) in [5.74, 6) is -0.687. The molecule has 8 heteroatoms. The highest BCUT2D eigenvalue weighted by molar-refractivity contribution is 9.10. The number of sulfonamides is 1. The van der Waals surface area contributed by atoms with E-state index in [4.69, 9.17) is 0 Å². The lowest BCUT2D eigenvalue weighted by Crippen LogP contribution is -2.30. The summed E-state index contributed by atoms with van der Waals surface area (Å²) in [6.07, 6.45) is 0. The molecule has 0 spiro atoms. The van der Waals surface area contributed by atoms with Gasteiger partial charge < -0.3 is 0 Å². The standard InChI is InChI=1S/C18H16BrN3O3S/c1-12-11-13(2)22(20-12)16-7-3-14(4-8-16)18(23)21-26(24,25)17-9-5-15(19)6-10-17/h3-11H,1-2H3,(H,21,23). The molecule has 0 aliphatic rings. The van der Waals surface area contributed by atoms with Crippen molar-refractivity contribution in [1.82, 2.24) is 14.5 Å². The van der Waals surface area contributed by atoms with Crippen LogP contribution in [-0.2, 0) is 10.0 Å². The Morgan fingerprint density at radius 3 is 2.19 bits per heavy atom. The van der Waals surface area contributed by atoms with Crippen molar-refractivity contribution in [3.8, 4) is 5.69 Å². The molecule has 1 heterocycles. The fourth-order valence-corrected chi connectivity index (χ4v) is 3.74. The molecule has 0 saturated carbocycles. The highest BCUT2D eigenvalue weighted by Crippen LogP contribution is 2.16. The van der Waals surface area contributed by atoms with Crippen molar-refractivity contribution in [2.24, 2.45) is 0 Å². The van der Waals surface area contributed by atoms with Crippen LogP contribution in [0.25, 0.3) is 5.69 Å². The summed E-state index contributed by atoms with van der Waals surface area (Å²) >= 11 is 3.24. The van der Waals surface area contributed by atoms with E-state index in [0.717, 1.165) is 21.5 Å². The number of halogens is 1. The van der Waals surface area contributed by atoms with Crippen LogP contribution in [0.5, 0.6) is 0 Å². The molecule has 0 unspecified atom stereocenters. The Labute approximate surface area is 160 Å². The van der Waals surface area contributed by atoms with E-state index in [0.29, 0.717) is 0 Å². The number of rotatable bonds is 4. The number of carbonyl (C=O) groups excluding carboxylic acids is 1. The van der Waals surface area contributed by atoms with Gasteiger partial charge in [0.05, 0.1) is 16.3 Å². The average molecular weight is 434 g/mol. The van der Waals surface area contributed by atoms with Crippen LogP contribution in [0, 0.1) is 13.8 Å². The molecule has 0 aliphatic carbocycles. The molecule has 26 heavy (non-hydrogen) atoms. The first kappa shape index (κ1) is 18.3. The lowest BCUT2D eigenvalue weighted by atomic mass is 10.2. The fraction of sp³-hybridized carbons (Fsp3) is 0.111. The summed E-state index contributed by atoms with van der Waals surface area (Å²) in [5.41, 5.74) is 2.90. The third-order valence-corrected chi connectivity index (χ3v) is 5.61. The molecule has 134 valence electrons. The number of hydrogen-bond donors (Lipinski definition) is 1. The summed E-state index contributed by atoms with van der Waals surface area (Å²) in [6.45, 7) is 3.84. The Morgan fingerprint density at radius 1 is 1.04 bits per heavy atom. The first-order chi connectivity index (χ1) is 12.3. The first-order valence-electron chi connectivity index (χ1n) is 7.73. The molecule has 1 amide bonds. The van der Waals surface area contributed by atoms with Crippen LogP contribution in [-0.4, -0.2) is 24.1 Å². The number of amides is 1. The van der Waals surface area contributed by atoms with Gasteiger partial charge in [-0.05, 0) is 68.4 Å². The topological polar surface area (TPSA) is 81.1 Å². The lowest BCUT2D eigenvalue weighted by molar-refractivity contribution is 0.0981. The number of aromatic nitrogens is 2. The second-order valence-corrected chi connectivity index (χ2v) is 8.37. The van der Waals surface area contributed by atoms with Gasteiger partial charge in [-0.15, -0.1) is 0 Å². The molecule has 3 aromatic rings. The van der Waals surface area contributed by atoms with E-state index in [1.807, 2.05) is 19.9 Å². The Bertz CT molecular complexity index is 1060. The van der Waals surface area contributed by atoms with Gasteiger partial charge in [-0.1, -0.05) is 15.9 Å². The smallest absolute Gasteiger partial charge is 0.264 e. The molecule has 2 aromatic carbocycles. The molecule has 0 bridgehead atoms. The highest BCUT2D eigenvalue weighted by atomic mass is 79.9. The van der Waals surface area contributed by atoms with E-state index in [-0.39, 0.29) is 10.5 Å². The van der Waals surface area contributed by atoms with Crippen molar-refractivity contribution < 1.29 is 13.2 Å². The molecule has 3 rings (SSSR count). The lowest BCUT2D eigenvalue weighted by Gasteiger charge is -2.08. The van der Waals surface area contributed by atoms with E-state index in [9.17, 15) is 13.2 Å². The van der Waals surface area contributed by atoms with Gasteiger partial charge in [-0.25, -0.2) is 17.8 Å². The van der Waals surface area contributed by atoms with Crippen molar-refractivity contribution in [2.45, 2.75) is 18.7 Å². The SMILES string of the molecule is Cc1cc(C)n(-c2ccc(C(=O)NS(=O)(=O)c3ccc(Br)cc3)cc2)n1. The van der Waals surface area contributed by atoms with E-state index in [1.54, 1.807) is 41.1 Å². The van der Waals surface area contributed by atoms with Gasteiger partial charge >= 0.3 is 0 Å². The van der Waals surface area contributed by atoms with Gasteiger partial charge in [0.15, 0.2) is 0 Å². The van der Waals surface area contributed by atoms with Crippen LogP contribution in [0.3, 0.4) is 0 Å². The summed E-state index contributed by atoms with van der Waals surface area (Å²) in [6, 6.07) is 14.6. The van der Waals surface area contributed by atoms with Crippen molar-refractivity contribution in [2.75, 3.05) is 0 Å². The van der Waals surface area contributed by atoms with Crippen LogP contribution in [0.15, 0.2) is 64.0 Å². The minimum Gasteiger partial charge on any atom is -0.268 e. The Morgan fingerprint density at radius 2 is 1.65 bits per heavy atom. The average Bonchev–Trinajstić information content (AvgIpc) is 2.93. The van der Waals surface area contributed by atoms with E-state index in [2.05, 4.69) is 25.8 Å². The van der Waals surface area contributed by atoms with Gasteiger partial charge in [0, 0.05) is 15.7 Å². The molecule has 0 aliphatic heterocycles. The quantitative estimate of drug-likeness (QED) is 0.683. The van der Waals surface area contributed by atoms with Crippen molar-refractivity contribution in [3.63, 3.8) is 0 Å². The summed E-state index contributed by atoms with van der Waals surface area (Å²) in [4.78, 5) is 12.3. The number of hydrogen-bond acceptors (Lipinski definition) is 4. The zero-order chi connectivity index (χ0) is 18.9. The predicted octanol–water partition coefficient (Wildman–Crippen LogP) is 3.37. The number of benzene rings is 2. The maximum absolute atomic E-state index is 12.3. The van der Waals surface area contributed by atoms with Gasteiger partial charge in [-0.2, -0.15) is 5.10 Å². The maximum atomic E-state index is 12.3. The summed E-state index contributed by atoms with van der Waals surface area (Å²) in [5, 5.41) is 4.38. The third kappa shape index (κ3) is 3.86. The minimum atomic E-state index is -3.93. The zero-order valence-electron chi connectivity index (χ0n) is 14.1. The highest BCUT2D eigenvalue weighted by Gasteiger charge is 2.18. The van der Waals surface area contributed by atoms with Crippen LogP contribution in [0.4, 0.5) is 0 Å². The molecule has 1 N–H and O–H groups in total. The Hall–Kier alpha value is -2.45. The molecule has 1 aromatic heterocycles. The second kappa shape index (κ2) is 7.05. The molecule has 0 saturated heterocycles. The van der Waals surface area contributed by atoms with Gasteiger partial charge in [-0.3, -0.25) is 4.79 Å². The number of carbonyl (C=O) groups is 1. The van der Waals surface area contributed by atoms with E-state index < -0.39 is 15.9 Å². The first-order valence-corrected chi connectivity index (χ1v) is 10.0. The van der Waals surface area contributed by atoms with Crippen LogP contribution in [0.1, 0.15) is 21.7 Å². The Balaban J connectivity index is 1.80. The Kier molecular flexibility index (Phi) is 4.97. The van der Waals surface area contributed by atoms with E-state index >= 15 is 0 Å². The molecule has 0 atom stereocenters. The molecule has 0 fully saturated rings. The zero-order valence-corrected chi connectivity index (χ0v) is 16.5. The third-order valence-electron chi connectivity index (χ3n) is 3.73. The molecular weight excluding hydrogens is 418 g/mol. The minimum absolute atomic E-state index is 0.0216. The predicted molar refractivity (Wildman–Crippen MR) is 102 cm³/mol. The maximum Gasteiger partial charge on any atom is 0.264 e. The summed E-state index contributed by atoms with van der Waals surface area (Å²) in [7, 11) is -3.93. The molecular formula is C18H16BrN3O3S. The van der Waals surface area contributed by atoms with Gasteiger partial charge in [0.25, 0.3) is 15.9 Å². The normalized spacial score (nSPS) is 11.3. The fourth-order valence-electron chi connectivity index (χ4n) is 2.50. The summed E-state index contributed by atoms with van der Waals surface area (Å²) < 4.78 is 29.2. The molecule has 6 nitrogen and oxygen atoms in total. The monoisotopic (exact) mass is 433 g/mol. The number of nitrogens with one attached hydrogen (secondary N) is 1. The van der Waals surface area contributed by atoms with Crippen molar-refractivity contribution in [3.05, 3.63) is 76.0 Å².